The Kier molecular flexibility index (Phi) is 5.97. The molecule has 0 saturated carbocycles. The Morgan fingerprint density at radius 2 is 1.72 bits per heavy atom. The van der Waals surface area contributed by atoms with Gasteiger partial charge in [-0.25, -0.2) is 8.42 Å². The second-order valence-electron chi connectivity index (χ2n) is 5.94. The number of benzene rings is 1. The number of nitrogens with one attached hydrogen (secondary N) is 2. The van der Waals surface area contributed by atoms with E-state index in [-0.39, 0.29) is 40.4 Å². The van der Waals surface area contributed by atoms with Gasteiger partial charge in [-0.1, -0.05) is 32.0 Å². The molecular weight excluding hydrogens is 344 g/mol. The number of hydrogen-bond acceptors (Lipinski definition) is 5. The van der Waals surface area contributed by atoms with Gasteiger partial charge in [-0.15, -0.1) is 0 Å². The lowest BCUT2D eigenvalue weighted by molar-refractivity contribution is -0.122. The van der Waals surface area contributed by atoms with Crippen LogP contribution in [0, 0.1) is 5.92 Å². The lowest BCUT2D eigenvalue weighted by Gasteiger charge is -2.07. The average Bonchev–Trinajstić information content (AvgIpc) is 3.00. The molecule has 0 aliphatic carbocycles. The number of amides is 2. The van der Waals surface area contributed by atoms with Gasteiger partial charge in [0.15, 0.2) is 15.6 Å². The van der Waals surface area contributed by atoms with Crippen LogP contribution in [0.2, 0.25) is 0 Å². The maximum absolute atomic E-state index is 12.3. The molecule has 1 aromatic heterocycles. The second-order valence-corrected chi connectivity index (χ2v) is 7.93. The van der Waals surface area contributed by atoms with E-state index in [1.54, 1.807) is 18.2 Å². The van der Waals surface area contributed by atoms with Crippen LogP contribution in [-0.4, -0.2) is 20.2 Å². The second kappa shape index (κ2) is 7.98. The molecule has 0 unspecified atom stereocenters. The Bertz CT molecular complexity index is 841. The first kappa shape index (κ1) is 18.7. The largest absolute Gasteiger partial charge is 0.455 e. The number of hydrogen-bond donors (Lipinski definition) is 2. The molecule has 2 rings (SSSR count). The summed E-state index contributed by atoms with van der Waals surface area (Å²) in [6, 6.07) is 10.8. The highest BCUT2D eigenvalue weighted by atomic mass is 32.2. The zero-order valence-electron chi connectivity index (χ0n) is 14.0. The normalized spacial score (nSPS) is 11.3. The number of carbonyl (C=O) groups excluding carboxylic acids is 2. The predicted molar refractivity (Wildman–Crippen MR) is 91.1 cm³/mol. The number of rotatable bonds is 6. The van der Waals surface area contributed by atoms with Crippen molar-refractivity contribution in [3.05, 3.63) is 54.0 Å². The zero-order chi connectivity index (χ0) is 18.4. The molecule has 25 heavy (non-hydrogen) atoms. The van der Waals surface area contributed by atoms with Gasteiger partial charge >= 0.3 is 5.91 Å². The molecule has 0 fully saturated rings. The van der Waals surface area contributed by atoms with Gasteiger partial charge in [0.2, 0.25) is 5.91 Å². The van der Waals surface area contributed by atoms with E-state index in [1.807, 2.05) is 13.8 Å². The molecule has 8 heteroatoms. The summed E-state index contributed by atoms with van der Waals surface area (Å²) in [7, 11) is -3.56. The van der Waals surface area contributed by atoms with E-state index >= 15 is 0 Å². The highest BCUT2D eigenvalue weighted by Crippen LogP contribution is 2.18. The van der Waals surface area contributed by atoms with E-state index in [0.29, 0.717) is 0 Å². The minimum atomic E-state index is -3.56. The predicted octanol–water partition coefficient (Wildman–Crippen LogP) is 2.06. The summed E-state index contributed by atoms with van der Waals surface area (Å²) in [6.07, 6.45) is 0.277. The standard InChI is InChI=1S/C17H20N2O5S/c1-12(2)10-16(20)18-19-17(21)15-9-8-13(24-15)11-25(22,23)14-6-4-3-5-7-14/h3-9,12H,10-11H2,1-2H3,(H,18,20)(H,19,21). The van der Waals surface area contributed by atoms with Crippen molar-refractivity contribution in [2.45, 2.75) is 30.9 Å². The third kappa shape index (κ3) is 5.46. The minimum Gasteiger partial charge on any atom is -0.455 e. The van der Waals surface area contributed by atoms with Crippen molar-refractivity contribution in [1.82, 2.24) is 10.9 Å². The van der Waals surface area contributed by atoms with E-state index in [2.05, 4.69) is 10.9 Å². The summed E-state index contributed by atoms with van der Waals surface area (Å²) in [6.45, 7) is 3.76. The highest BCUT2D eigenvalue weighted by Gasteiger charge is 2.19. The molecule has 2 N–H and O–H groups in total. The van der Waals surface area contributed by atoms with Crippen molar-refractivity contribution in [2.75, 3.05) is 0 Å². The molecule has 134 valence electrons. The summed E-state index contributed by atoms with van der Waals surface area (Å²) in [5.74, 6) is -1.10. The molecule has 2 amide bonds. The zero-order valence-corrected chi connectivity index (χ0v) is 14.8. The molecule has 0 radical (unpaired) electrons. The van der Waals surface area contributed by atoms with Gasteiger partial charge in [0.1, 0.15) is 11.5 Å². The molecular formula is C17H20N2O5S. The van der Waals surface area contributed by atoms with Gasteiger partial charge in [-0.05, 0) is 30.2 Å². The van der Waals surface area contributed by atoms with E-state index < -0.39 is 15.7 Å². The van der Waals surface area contributed by atoms with Crippen molar-refractivity contribution in [3.63, 3.8) is 0 Å². The SMILES string of the molecule is CC(C)CC(=O)NNC(=O)c1ccc(CS(=O)(=O)c2ccccc2)o1. The molecule has 1 heterocycles. The van der Waals surface area contributed by atoms with Crippen LogP contribution in [-0.2, 0) is 20.4 Å². The molecule has 0 aliphatic rings. The summed E-state index contributed by atoms with van der Waals surface area (Å²) < 4.78 is 29.8. The fourth-order valence-corrected chi connectivity index (χ4v) is 3.35. The monoisotopic (exact) mass is 364 g/mol. The molecule has 0 saturated heterocycles. The van der Waals surface area contributed by atoms with Gasteiger partial charge in [-0.3, -0.25) is 20.4 Å². The van der Waals surface area contributed by atoms with Gasteiger partial charge in [0.05, 0.1) is 4.90 Å². The molecule has 0 spiro atoms. The Morgan fingerprint density at radius 3 is 2.36 bits per heavy atom. The molecule has 0 bridgehead atoms. The number of hydrazine groups is 1. The van der Waals surface area contributed by atoms with Crippen molar-refractivity contribution in [1.29, 1.82) is 0 Å². The number of carbonyl (C=O) groups is 2. The van der Waals surface area contributed by atoms with E-state index in [0.717, 1.165) is 0 Å². The Morgan fingerprint density at radius 1 is 1.04 bits per heavy atom. The van der Waals surface area contributed by atoms with Gasteiger partial charge in [0, 0.05) is 6.42 Å². The summed E-state index contributed by atoms with van der Waals surface area (Å²) in [4.78, 5) is 23.6. The van der Waals surface area contributed by atoms with Crippen LogP contribution in [0.4, 0.5) is 0 Å². The number of sulfone groups is 1. The smallest absolute Gasteiger partial charge is 0.305 e. The maximum atomic E-state index is 12.3. The van der Waals surface area contributed by atoms with Crippen molar-refractivity contribution in [3.8, 4) is 0 Å². The molecule has 1 aromatic carbocycles. The number of furan rings is 1. The van der Waals surface area contributed by atoms with E-state index in [4.69, 9.17) is 4.42 Å². The van der Waals surface area contributed by atoms with Crippen LogP contribution < -0.4 is 10.9 Å². The summed E-state index contributed by atoms with van der Waals surface area (Å²) in [5.41, 5.74) is 4.51. The fourth-order valence-electron chi connectivity index (χ4n) is 2.09. The summed E-state index contributed by atoms with van der Waals surface area (Å²) >= 11 is 0. The topological polar surface area (TPSA) is 105 Å². The summed E-state index contributed by atoms with van der Waals surface area (Å²) in [5, 5.41) is 0. The average molecular weight is 364 g/mol. The third-order valence-electron chi connectivity index (χ3n) is 3.23. The van der Waals surface area contributed by atoms with Gasteiger partial charge in [0.25, 0.3) is 0 Å². The molecule has 0 atom stereocenters. The van der Waals surface area contributed by atoms with Crippen LogP contribution in [0.15, 0.2) is 51.8 Å². The van der Waals surface area contributed by atoms with Crippen LogP contribution in [0.1, 0.15) is 36.6 Å². The van der Waals surface area contributed by atoms with E-state index in [9.17, 15) is 18.0 Å². The van der Waals surface area contributed by atoms with Crippen molar-refractivity contribution < 1.29 is 22.4 Å². The quantitative estimate of drug-likeness (QED) is 0.763. The first-order chi connectivity index (χ1) is 11.8. The van der Waals surface area contributed by atoms with Gasteiger partial charge < -0.3 is 4.42 Å². The van der Waals surface area contributed by atoms with Crippen LogP contribution >= 0.6 is 0 Å². The Labute approximate surface area is 146 Å². The maximum Gasteiger partial charge on any atom is 0.305 e. The molecule has 7 nitrogen and oxygen atoms in total. The molecule has 2 aromatic rings. The lowest BCUT2D eigenvalue weighted by Crippen LogP contribution is -2.41. The first-order valence-electron chi connectivity index (χ1n) is 7.73. The minimum absolute atomic E-state index is 0.0805. The lowest BCUT2D eigenvalue weighted by atomic mass is 10.1. The van der Waals surface area contributed by atoms with Crippen LogP contribution in [0.5, 0.6) is 0 Å². The van der Waals surface area contributed by atoms with Crippen LogP contribution in [0.3, 0.4) is 0 Å². The molecule has 0 aliphatic heterocycles. The van der Waals surface area contributed by atoms with Crippen LogP contribution in [0.25, 0.3) is 0 Å². The van der Waals surface area contributed by atoms with Crippen molar-refractivity contribution in [2.24, 2.45) is 5.92 Å². The van der Waals surface area contributed by atoms with Crippen molar-refractivity contribution >= 4 is 21.7 Å². The van der Waals surface area contributed by atoms with Gasteiger partial charge in [-0.2, -0.15) is 0 Å². The fraction of sp³-hybridized carbons (Fsp3) is 0.294. The Balaban J connectivity index is 1.98. The highest BCUT2D eigenvalue weighted by molar-refractivity contribution is 7.90. The third-order valence-corrected chi connectivity index (χ3v) is 4.88. The van der Waals surface area contributed by atoms with E-state index in [1.165, 1.54) is 24.3 Å². The Hall–Kier alpha value is -2.61. The first-order valence-corrected chi connectivity index (χ1v) is 9.39.